The fraction of sp³-hybridized carbons (Fsp3) is 0.708. The highest BCUT2D eigenvalue weighted by Gasteiger charge is 2.32. The van der Waals surface area contributed by atoms with Crippen LogP contribution in [0.4, 0.5) is 0 Å². The SMILES string of the molecule is CC[C@H](C)[C@H](NC(=O)CNC(C)=O)C(=O)N[C@@H](CCCN=C(N)N)C(=O)N[C@H](C(=O)N[C@@H](C)C(N)=O)C(C)C. The van der Waals surface area contributed by atoms with Gasteiger partial charge in [-0.3, -0.25) is 33.8 Å². The molecule has 5 atom stereocenters. The van der Waals surface area contributed by atoms with E-state index in [1.807, 2.05) is 6.92 Å². The monoisotopic (exact) mass is 555 g/mol. The van der Waals surface area contributed by atoms with E-state index in [0.29, 0.717) is 12.8 Å². The van der Waals surface area contributed by atoms with Gasteiger partial charge in [0.2, 0.25) is 35.4 Å². The fourth-order valence-corrected chi connectivity index (χ4v) is 3.33. The number of hydrogen-bond donors (Lipinski definition) is 8. The molecule has 222 valence electrons. The maximum atomic E-state index is 13.3. The number of amides is 6. The lowest BCUT2D eigenvalue weighted by Crippen LogP contribution is -2.60. The number of nitrogens with one attached hydrogen (secondary N) is 5. The van der Waals surface area contributed by atoms with Crippen LogP contribution in [0.15, 0.2) is 4.99 Å². The Bertz CT molecular complexity index is 905. The summed E-state index contributed by atoms with van der Waals surface area (Å²) in [6, 6.07) is -4.08. The number of nitrogens with two attached hydrogens (primary N) is 3. The molecule has 0 heterocycles. The van der Waals surface area contributed by atoms with Crippen LogP contribution in [0.3, 0.4) is 0 Å². The molecule has 11 N–H and O–H groups in total. The number of primary amides is 1. The summed E-state index contributed by atoms with van der Waals surface area (Å²) in [5.74, 6) is -4.39. The van der Waals surface area contributed by atoms with Crippen LogP contribution in [0.25, 0.3) is 0 Å². The molecule has 0 saturated carbocycles. The maximum Gasteiger partial charge on any atom is 0.243 e. The summed E-state index contributed by atoms with van der Waals surface area (Å²) in [5, 5.41) is 12.7. The minimum Gasteiger partial charge on any atom is -0.370 e. The molecule has 0 bridgehead atoms. The van der Waals surface area contributed by atoms with Crippen molar-refractivity contribution in [3.05, 3.63) is 0 Å². The molecule has 0 aliphatic heterocycles. The quantitative estimate of drug-likeness (QED) is 0.0532. The van der Waals surface area contributed by atoms with Gasteiger partial charge < -0.3 is 43.8 Å². The van der Waals surface area contributed by atoms with E-state index in [1.54, 1.807) is 20.8 Å². The fourth-order valence-electron chi connectivity index (χ4n) is 3.33. The normalized spacial score (nSPS) is 14.5. The van der Waals surface area contributed by atoms with Crippen LogP contribution >= 0.6 is 0 Å². The predicted molar refractivity (Wildman–Crippen MR) is 145 cm³/mol. The zero-order valence-electron chi connectivity index (χ0n) is 23.6. The van der Waals surface area contributed by atoms with E-state index in [9.17, 15) is 28.8 Å². The van der Waals surface area contributed by atoms with Crippen LogP contribution < -0.4 is 43.8 Å². The van der Waals surface area contributed by atoms with Crippen molar-refractivity contribution in [2.75, 3.05) is 13.1 Å². The second kappa shape index (κ2) is 17.6. The summed E-state index contributed by atoms with van der Waals surface area (Å²) in [6.07, 6.45) is 0.968. The number of hydrogen-bond acceptors (Lipinski definition) is 7. The van der Waals surface area contributed by atoms with Crippen molar-refractivity contribution in [3.63, 3.8) is 0 Å². The van der Waals surface area contributed by atoms with Gasteiger partial charge in [0.15, 0.2) is 5.96 Å². The molecule has 39 heavy (non-hydrogen) atoms. The van der Waals surface area contributed by atoms with Crippen molar-refractivity contribution >= 4 is 41.4 Å². The Kier molecular flexibility index (Phi) is 15.8. The molecule has 0 aliphatic carbocycles. The van der Waals surface area contributed by atoms with E-state index in [4.69, 9.17) is 17.2 Å². The van der Waals surface area contributed by atoms with Crippen molar-refractivity contribution in [3.8, 4) is 0 Å². The van der Waals surface area contributed by atoms with Gasteiger partial charge in [-0.25, -0.2) is 0 Å². The molecule has 15 heteroatoms. The molecule has 0 unspecified atom stereocenters. The molecule has 15 nitrogen and oxygen atoms in total. The van der Waals surface area contributed by atoms with Crippen molar-refractivity contribution in [1.29, 1.82) is 0 Å². The number of nitrogens with zero attached hydrogens (tertiary/aromatic N) is 1. The van der Waals surface area contributed by atoms with Gasteiger partial charge in [0, 0.05) is 13.5 Å². The number of aliphatic imine (C=N–C) groups is 1. The van der Waals surface area contributed by atoms with Crippen molar-refractivity contribution in [1.82, 2.24) is 26.6 Å². The molecule has 0 spiro atoms. The van der Waals surface area contributed by atoms with E-state index < -0.39 is 59.6 Å². The zero-order valence-corrected chi connectivity index (χ0v) is 23.6. The third kappa shape index (κ3) is 14.0. The molecule has 0 fully saturated rings. The molecule has 0 aliphatic rings. The maximum absolute atomic E-state index is 13.3. The first-order chi connectivity index (χ1) is 18.1. The minimum atomic E-state index is -1.10. The smallest absolute Gasteiger partial charge is 0.243 e. The lowest BCUT2D eigenvalue weighted by atomic mass is 9.97. The van der Waals surface area contributed by atoms with Gasteiger partial charge in [-0.2, -0.15) is 0 Å². The Balaban J connectivity index is 5.81. The Labute approximate surface area is 229 Å². The molecular formula is C24H45N9O6. The summed E-state index contributed by atoms with van der Waals surface area (Å²) in [5.41, 5.74) is 15.9. The van der Waals surface area contributed by atoms with Crippen LogP contribution in [0.1, 0.15) is 60.8 Å². The molecule has 0 saturated heterocycles. The molecule has 0 rings (SSSR count). The van der Waals surface area contributed by atoms with Gasteiger partial charge >= 0.3 is 0 Å². The lowest BCUT2D eigenvalue weighted by Gasteiger charge is -2.28. The third-order valence-corrected chi connectivity index (χ3v) is 5.92. The van der Waals surface area contributed by atoms with E-state index >= 15 is 0 Å². The largest absolute Gasteiger partial charge is 0.370 e. The lowest BCUT2D eigenvalue weighted by molar-refractivity contribution is -0.135. The van der Waals surface area contributed by atoms with Crippen molar-refractivity contribution < 1.29 is 28.8 Å². The van der Waals surface area contributed by atoms with Crippen molar-refractivity contribution in [2.45, 2.75) is 85.0 Å². The van der Waals surface area contributed by atoms with E-state index in [-0.39, 0.29) is 37.3 Å². The highest BCUT2D eigenvalue weighted by Crippen LogP contribution is 2.10. The third-order valence-electron chi connectivity index (χ3n) is 5.92. The molecular weight excluding hydrogens is 510 g/mol. The topological polar surface area (TPSA) is 253 Å². The van der Waals surface area contributed by atoms with Crippen LogP contribution in [0.5, 0.6) is 0 Å². The van der Waals surface area contributed by atoms with E-state index in [1.165, 1.54) is 13.8 Å². The Hall–Kier alpha value is -3.91. The second-order valence-electron chi connectivity index (χ2n) is 9.71. The first-order valence-corrected chi connectivity index (χ1v) is 12.9. The molecule has 0 aromatic carbocycles. The van der Waals surface area contributed by atoms with E-state index in [2.05, 4.69) is 31.6 Å². The highest BCUT2D eigenvalue weighted by molar-refractivity contribution is 5.95. The molecule has 0 radical (unpaired) electrons. The zero-order chi connectivity index (χ0) is 30.3. The Morgan fingerprint density at radius 3 is 1.87 bits per heavy atom. The van der Waals surface area contributed by atoms with Gasteiger partial charge in [-0.05, 0) is 31.6 Å². The van der Waals surface area contributed by atoms with Gasteiger partial charge in [0.05, 0.1) is 6.54 Å². The van der Waals surface area contributed by atoms with Gasteiger partial charge in [0.25, 0.3) is 0 Å². The first-order valence-electron chi connectivity index (χ1n) is 12.9. The Morgan fingerprint density at radius 1 is 0.795 bits per heavy atom. The van der Waals surface area contributed by atoms with Gasteiger partial charge in [-0.15, -0.1) is 0 Å². The van der Waals surface area contributed by atoms with Crippen LogP contribution in [0.2, 0.25) is 0 Å². The van der Waals surface area contributed by atoms with Crippen LogP contribution in [-0.4, -0.2) is 78.7 Å². The number of guanidine groups is 1. The average molecular weight is 556 g/mol. The van der Waals surface area contributed by atoms with Crippen LogP contribution in [0, 0.1) is 11.8 Å². The number of carbonyl (C=O) groups excluding carboxylic acids is 6. The van der Waals surface area contributed by atoms with Crippen LogP contribution in [-0.2, 0) is 28.8 Å². The number of rotatable bonds is 17. The van der Waals surface area contributed by atoms with Gasteiger partial charge in [0.1, 0.15) is 24.2 Å². The van der Waals surface area contributed by atoms with Crippen molar-refractivity contribution in [2.24, 2.45) is 34.0 Å². The van der Waals surface area contributed by atoms with Gasteiger partial charge in [-0.1, -0.05) is 34.1 Å². The predicted octanol–water partition coefficient (Wildman–Crippen LogP) is -2.68. The summed E-state index contributed by atoms with van der Waals surface area (Å²) < 4.78 is 0. The number of carbonyl (C=O) groups is 6. The molecule has 6 amide bonds. The second-order valence-corrected chi connectivity index (χ2v) is 9.71. The minimum absolute atomic E-state index is 0.117. The summed E-state index contributed by atoms with van der Waals surface area (Å²) >= 11 is 0. The Morgan fingerprint density at radius 2 is 1.38 bits per heavy atom. The van der Waals surface area contributed by atoms with E-state index in [0.717, 1.165) is 0 Å². The first kappa shape index (κ1) is 35.1. The average Bonchev–Trinajstić information content (AvgIpc) is 2.84. The summed E-state index contributed by atoms with van der Waals surface area (Å²) in [4.78, 5) is 78.0. The summed E-state index contributed by atoms with van der Waals surface area (Å²) in [6.45, 7) is 9.56. The summed E-state index contributed by atoms with van der Waals surface area (Å²) in [7, 11) is 0. The molecule has 0 aromatic heterocycles. The molecule has 0 aromatic rings. The highest BCUT2D eigenvalue weighted by atomic mass is 16.2. The standard InChI is InChI=1S/C24H45N9O6/c1-7-13(4)19(32-17(35)11-29-15(6)34)23(39)31-16(9-8-10-28-24(26)27)21(37)33-18(12(2)3)22(38)30-14(5)20(25)36/h12-14,16,18-19H,7-11H2,1-6H3,(H2,25,36)(H,29,34)(H,30,38)(H,31,39)(H,32,35)(H,33,37)(H4,26,27,28)/t13-,14-,16-,18-,19-/m0/s1.